The molecule has 0 spiro atoms. The zero-order valence-corrected chi connectivity index (χ0v) is 29.2. The maximum atomic E-state index is 12.1. The minimum absolute atomic E-state index is 0.328. The van der Waals surface area contributed by atoms with Gasteiger partial charge in [0.1, 0.15) is 0 Å². The van der Waals surface area contributed by atoms with Gasteiger partial charge in [0, 0.05) is 18.6 Å². The van der Waals surface area contributed by atoms with Gasteiger partial charge in [-0.1, -0.05) is 205 Å². The molecule has 250 valence electrons. The molecule has 0 aliphatic heterocycles. The number of carbonyl (C=O) groups is 2. The number of rotatable bonds is 36. The lowest BCUT2D eigenvalue weighted by Crippen LogP contribution is -1.94. The highest BCUT2D eigenvalue weighted by atomic mass is 32.2. The molecule has 4 heteroatoms. The number of unbranched alkanes of at least 4 members (excludes halogenated alkanes) is 30. The summed E-state index contributed by atoms with van der Waals surface area (Å²) >= 11 is 1.58. The van der Waals surface area contributed by atoms with Crippen LogP contribution < -0.4 is 0 Å². The van der Waals surface area contributed by atoms with Gasteiger partial charge in [0.25, 0.3) is 0 Å². The number of carboxylic acid groups (broad SMARTS) is 1. The second kappa shape index (κ2) is 36.7. The van der Waals surface area contributed by atoms with Crippen molar-refractivity contribution in [1.29, 1.82) is 0 Å². The number of hydrogen-bond donors (Lipinski definition) is 1. The van der Waals surface area contributed by atoms with Crippen LogP contribution in [0.1, 0.15) is 225 Å². The Kier molecular flexibility index (Phi) is 36.2. The van der Waals surface area contributed by atoms with Crippen LogP contribution in [-0.2, 0) is 9.59 Å². The van der Waals surface area contributed by atoms with Crippen molar-refractivity contribution in [2.75, 3.05) is 5.75 Å². The van der Waals surface area contributed by atoms with Crippen LogP contribution in [0.2, 0.25) is 0 Å². The summed E-state index contributed by atoms with van der Waals surface area (Å²) in [5, 5.41) is 9.05. The van der Waals surface area contributed by atoms with Gasteiger partial charge in [-0.05, 0) is 19.3 Å². The molecule has 0 heterocycles. The Morgan fingerprint density at radius 3 is 0.952 bits per heavy atom. The zero-order chi connectivity index (χ0) is 30.6. The van der Waals surface area contributed by atoms with E-state index in [1.807, 2.05) is 0 Å². The van der Waals surface area contributed by atoms with E-state index in [2.05, 4.69) is 6.92 Å². The minimum Gasteiger partial charge on any atom is -0.481 e. The maximum absolute atomic E-state index is 12.1. The van der Waals surface area contributed by atoms with Crippen molar-refractivity contribution in [3.05, 3.63) is 0 Å². The van der Waals surface area contributed by atoms with Gasteiger partial charge in [-0.25, -0.2) is 0 Å². The van der Waals surface area contributed by atoms with E-state index in [-0.39, 0.29) is 0 Å². The van der Waals surface area contributed by atoms with E-state index in [1.165, 1.54) is 186 Å². The molecule has 42 heavy (non-hydrogen) atoms. The molecule has 0 saturated heterocycles. The van der Waals surface area contributed by atoms with Crippen molar-refractivity contribution < 1.29 is 14.7 Å². The largest absolute Gasteiger partial charge is 0.481 e. The predicted molar refractivity (Wildman–Crippen MR) is 188 cm³/mol. The van der Waals surface area contributed by atoms with Crippen molar-refractivity contribution in [1.82, 2.24) is 0 Å². The lowest BCUT2D eigenvalue weighted by molar-refractivity contribution is -0.137. The van der Waals surface area contributed by atoms with Gasteiger partial charge in [0.15, 0.2) is 5.12 Å². The normalized spacial score (nSPS) is 11.4. The van der Waals surface area contributed by atoms with Crippen LogP contribution in [0.4, 0.5) is 0 Å². The summed E-state index contributed by atoms with van der Waals surface area (Å²) in [7, 11) is 0. The lowest BCUT2D eigenvalue weighted by Gasteiger charge is -2.04. The van der Waals surface area contributed by atoms with Crippen LogP contribution in [0.3, 0.4) is 0 Å². The third-order valence-corrected chi connectivity index (χ3v) is 9.80. The van der Waals surface area contributed by atoms with Crippen molar-refractivity contribution in [3.63, 3.8) is 0 Å². The molecule has 0 amide bonds. The maximum Gasteiger partial charge on any atom is 0.303 e. The predicted octanol–water partition coefficient (Wildman–Crippen LogP) is 13.6. The Morgan fingerprint density at radius 2 is 0.643 bits per heavy atom. The van der Waals surface area contributed by atoms with Gasteiger partial charge in [-0.15, -0.1) is 0 Å². The highest BCUT2D eigenvalue weighted by molar-refractivity contribution is 8.13. The molecular weight excluding hydrogens is 536 g/mol. The molecule has 0 atom stereocenters. The first-order valence-corrected chi connectivity index (χ1v) is 20.0. The SMILES string of the molecule is CCCCCCCCCCCCCCCCCCCCCC(=O)SCCCCCCCCCCCCCCCC(=O)O. The lowest BCUT2D eigenvalue weighted by atomic mass is 10.0. The number of carboxylic acids is 1. The summed E-state index contributed by atoms with van der Waals surface area (Å²) in [6.45, 7) is 2.29. The highest BCUT2D eigenvalue weighted by Gasteiger charge is 2.03. The average Bonchev–Trinajstić information content (AvgIpc) is 2.98. The van der Waals surface area contributed by atoms with E-state index in [1.54, 1.807) is 11.8 Å². The number of thioether (sulfide) groups is 1. The summed E-state index contributed by atoms with van der Waals surface area (Å²) in [6, 6.07) is 0. The van der Waals surface area contributed by atoms with E-state index >= 15 is 0 Å². The fraction of sp³-hybridized carbons (Fsp3) is 0.947. The zero-order valence-electron chi connectivity index (χ0n) is 28.4. The molecule has 0 unspecified atom stereocenters. The third kappa shape index (κ3) is 37.5. The fourth-order valence-electron chi connectivity index (χ4n) is 5.93. The van der Waals surface area contributed by atoms with Crippen LogP contribution >= 0.6 is 11.8 Å². The number of carbonyl (C=O) groups excluding carboxylic acids is 1. The molecule has 0 aliphatic rings. The van der Waals surface area contributed by atoms with Crippen LogP contribution in [-0.4, -0.2) is 21.9 Å². The first kappa shape index (κ1) is 41.5. The van der Waals surface area contributed by atoms with Crippen molar-refractivity contribution >= 4 is 22.8 Å². The molecule has 0 aromatic carbocycles. The molecule has 0 rings (SSSR count). The van der Waals surface area contributed by atoms with Crippen LogP contribution in [0.25, 0.3) is 0 Å². The molecule has 0 aromatic rings. The standard InChI is InChI=1S/C38H74O3S/c1-2-3-4-5-6-7-8-9-10-11-12-13-14-17-20-23-26-29-32-35-38(41)42-36-33-30-27-24-21-18-15-16-19-22-25-28-31-34-37(39)40/h2-36H2,1H3,(H,39,40). The Morgan fingerprint density at radius 1 is 0.381 bits per heavy atom. The molecule has 0 bridgehead atoms. The first-order chi connectivity index (χ1) is 20.7. The van der Waals surface area contributed by atoms with E-state index in [0.29, 0.717) is 11.5 Å². The van der Waals surface area contributed by atoms with Gasteiger partial charge in [-0.3, -0.25) is 9.59 Å². The third-order valence-electron chi connectivity index (χ3n) is 8.78. The van der Waals surface area contributed by atoms with E-state index in [9.17, 15) is 9.59 Å². The van der Waals surface area contributed by atoms with Crippen molar-refractivity contribution in [3.8, 4) is 0 Å². The van der Waals surface area contributed by atoms with Crippen LogP contribution in [0, 0.1) is 0 Å². The van der Waals surface area contributed by atoms with Crippen LogP contribution in [0.15, 0.2) is 0 Å². The summed E-state index contributed by atoms with van der Waals surface area (Å²) < 4.78 is 0. The van der Waals surface area contributed by atoms with Gasteiger partial charge in [0.05, 0.1) is 0 Å². The van der Waals surface area contributed by atoms with Crippen LogP contribution in [0.5, 0.6) is 0 Å². The van der Waals surface area contributed by atoms with Crippen molar-refractivity contribution in [2.45, 2.75) is 225 Å². The number of aliphatic carboxylic acids is 1. The molecule has 0 fully saturated rings. The first-order valence-electron chi connectivity index (χ1n) is 19.0. The second-order valence-electron chi connectivity index (χ2n) is 13.1. The Labute approximate surface area is 267 Å². The van der Waals surface area contributed by atoms with Gasteiger partial charge in [-0.2, -0.15) is 0 Å². The molecule has 1 N–H and O–H groups in total. The summed E-state index contributed by atoms with van der Waals surface area (Å²) in [5.41, 5.74) is 0. The molecule has 0 aliphatic carbocycles. The summed E-state index contributed by atoms with van der Waals surface area (Å²) in [5.74, 6) is 0.355. The van der Waals surface area contributed by atoms with Crippen molar-refractivity contribution in [2.24, 2.45) is 0 Å². The molecule has 0 radical (unpaired) electrons. The average molecular weight is 611 g/mol. The Balaban J connectivity index is 3.15. The Bertz CT molecular complexity index is 550. The topological polar surface area (TPSA) is 54.4 Å². The molecule has 3 nitrogen and oxygen atoms in total. The molecule has 0 aromatic heterocycles. The minimum atomic E-state index is -0.664. The van der Waals surface area contributed by atoms with Gasteiger partial charge < -0.3 is 5.11 Å². The Hall–Kier alpha value is -0.510. The second-order valence-corrected chi connectivity index (χ2v) is 14.2. The number of hydrogen-bond acceptors (Lipinski definition) is 3. The van der Waals surface area contributed by atoms with E-state index < -0.39 is 5.97 Å². The molecule has 0 saturated carbocycles. The fourth-order valence-corrected chi connectivity index (χ4v) is 6.79. The summed E-state index contributed by atoms with van der Waals surface area (Å²) in [4.78, 5) is 22.6. The monoisotopic (exact) mass is 611 g/mol. The van der Waals surface area contributed by atoms with E-state index in [4.69, 9.17) is 5.11 Å². The summed E-state index contributed by atoms with van der Waals surface area (Å²) in [6.07, 6.45) is 43.8. The quantitative estimate of drug-likeness (QED) is 0.0717. The highest BCUT2D eigenvalue weighted by Crippen LogP contribution is 2.18. The van der Waals surface area contributed by atoms with Gasteiger partial charge in [0.2, 0.25) is 0 Å². The smallest absolute Gasteiger partial charge is 0.303 e. The molecular formula is C38H74O3S. The van der Waals surface area contributed by atoms with E-state index in [0.717, 1.165) is 31.4 Å². The van der Waals surface area contributed by atoms with Gasteiger partial charge >= 0.3 is 5.97 Å².